The number of nitrogens with one attached hydrogen (secondary N) is 3. The summed E-state index contributed by atoms with van der Waals surface area (Å²) in [6.07, 6.45) is 2.49. The lowest BCUT2D eigenvalue weighted by Crippen LogP contribution is -2.29. The Kier molecular flexibility index (Phi) is 5.77. The number of pyridine rings is 1. The number of hydrogen-bond donors (Lipinski definition) is 3. The molecule has 0 amide bonds. The second kappa shape index (κ2) is 8.64. The van der Waals surface area contributed by atoms with Crippen LogP contribution in [0.3, 0.4) is 0 Å². The van der Waals surface area contributed by atoms with Gasteiger partial charge in [0.15, 0.2) is 5.82 Å². The van der Waals surface area contributed by atoms with Gasteiger partial charge in [0.1, 0.15) is 17.4 Å². The zero-order chi connectivity index (χ0) is 21.0. The van der Waals surface area contributed by atoms with Crippen molar-refractivity contribution in [1.82, 2.24) is 19.9 Å². The number of fused-ring (bicyclic) bond motifs is 1. The summed E-state index contributed by atoms with van der Waals surface area (Å²) in [5.74, 6) is 2.55. The van der Waals surface area contributed by atoms with E-state index in [-0.39, 0.29) is 11.4 Å². The Morgan fingerprint density at radius 3 is 2.57 bits per heavy atom. The maximum Gasteiger partial charge on any atom is 0.240 e. The Bertz CT molecular complexity index is 1120. The summed E-state index contributed by atoms with van der Waals surface area (Å²) < 4.78 is 32.9. The van der Waals surface area contributed by atoms with Crippen LogP contribution in [0, 0.1) is 6.92 Å². The van der Waals surface area contributed by atoms with Gasteiger partial charge < -0.3 is 15.4 Å². The number of aryl methyl sites for hydroxylation is 1. The van der Waals surface area contributed by atoms with Gasteiger partial charge in [0.05, 0.1) is 11.5 Å². The average molecular weight is 427 g/mol. The highest BCUT2D eigenvalue weighted by Gasteiger charge is 2.18. The van der Waals surface area contributed by atoms with Crippen LogP contribution in [0.5, 0.6) is 5.75 Å². The van der Waals surface area contributed by atoms with Crippen LogP contribution in [0.25, 0.3) is 0 Å². The van der Waals surface area contributed by atoms with E-state index in [0.29, 0.717) is 30.6 Å². The van der Waals surface area contributed by atoms with Gasteiger partial charge in [-0.25, -0.2) is 18.1 Å². The van der Waals surface area contributed by atoms with Gasteiger partial charge >= 0.3 is 0 Å². The first-order valence-electron chi connectivity index (χ1n) is 9.52. The Morgan fingerprint density at radius 2 is 1.80 bits per heavy atom. The second-order valence-electron chi connectivity index (χ2n) is 6.84. The normalized spacial score (nSPS) is 12.8. The van der Waals surface area contributed by atoms with Gasteiger partial charge in [-0.05, 0) is 54.4 Å². The molecule has 4 rings (SSSR count). The van der Waals surface area contributed by atoms with Crippen LogP contribution in [0.4, 0.5) is 17.5 Å². The highest BCUT2D eigenvalue weighted by Crippen LogP contribution is 2.27. The van der Waals surface area contributed by atoms with Gasteiger partial charge in [-0.3, -0.25) is 0 Å². The number of nitrogens with zero attached hydrogens (tertiary/aromatic N) is 3. The molecule has 0 fully saturated rings. The van der Waals surface area contributed by atoms with Crippen LogP contribution in [0.1, 0.15) is 11.1 Å². The zero-order valence-electron chi connectivity index (χ0n) is 16.4. The van der Waals surface area contributed by atoms with Gasteiger partial charge in [-0.1, -0.05) is 6.07 Å². The van der Waals surface area contributed by atoms with E-state index in [1.807, 2.05) is 19.1 Å². The van der Waals surface area contributed by atoms with Crippen molar-refractivity contribution < 1.29 is 13.2 Å². The van der Waals surface area contributed by atoms with E-state index in [4.69, 9.17) is 4.74 Å². The first-order valence-corrected chi connectivity index (χ1v) is 11.0. The van der Waals surface area contributed by atoms with Gasteiger partial charge in [0, 0.05) is 25.7 Å². The van der Waals surface area contributed by atoms with Crippen LogP contribution >= 0.6 is 0 Å². The molecule has 2 aromatic heterocycles. The number of anilines is 3. The molecule has 3 N–H and O–H groups in total. The van der Waals surface area contributed by atoms with Gasteiger partial charge in [-0.2, -0.15) is 0 Å². The SMILES string of the molecule is Cc1ccc(Nc2ccc(NCCNS(=O)(=O)c3ccc4c(c3)CCO4)nn2)nc1. The number of aromatic nitrogens is 3. The lowest BCUT2D eigenvalue weighted by molar-refractivity contribution is 0.356. The maximum absolute atomic E-state index is 12.5. The quantitative estimate of drug-likeness (QED) is 0.470. The fourth-order valence-corrected chi connectivity index (χ4v) is 4.04. The van der Waals surface area contributed by atoms with E-state index in [9.17, 15) is 8.42 Å². The van der Waals surface area contributed by atoms with Crippen molar-refractivity contribution in [3.05, 3.63) is 59.8 Å². The van der Waals surface area contributed by atoms with Crippen molar-refractivity contribution in [2.45, 2.75) is 18.2 Å². The fourth-order valence-electron chi connectivity index (χ4n) is 2.96. The van der Waals surface area contributed by atoms with Crippen molar-refractivity contribution in [2.24, 2.45) is 0 Å². The van der Waals surface area contributed by atoms with Gasteiger partial charge in [-0.15, -0.1) is 10.2 Å². The molecule has 0 radical (unpaired) electrons. The number of rotatable bonds is 8. The molecule has 156 valence electrons. The summed E-state index contributed by atoms with van der Waals surface area (Å²) in [6.45, 7) is 3.14. The standard InChI is InChI=1S/C20H22N6O3S/c1-14-2-5-18(22-13-14)24-20-7-6-19(25-26-20)21-9-10-23-30(27,28)16-3-4-17-15(12-16)8-11-29-17/h2-7,12-13,23H,8-11H2,1H3,(H,21,25)(H,22,24,26). The van der Waals surface area contributed by atoms with E-state index < -0.39 is 10.0 Å². The Hall–Kier alpha value is -3.24. The van der Waals surface area contributed by atoms with Crippen molar-refractivity contribution in [3.8, 4) is 5.75 Å². The summed E-state index contributed by atoms with van der Waals surface area (Å²) in [6, 6.07) is 12.3. The molecule has 3 heterocycles. The predicted molar refractivity (Wildman–Crippen MR) is 114 cm³/mol. The molecule has 0 saturated heterocycles. The monoisotopic (exact) mass is 426 g/mol. The molecule has 10 heteroatoms. The van der Waals surface area contributed by atoms with E-state index >= 15 is 0 Å². The molecule has 0 saturated carbocycles. The average Bonchev–Trinajstić information content (AvgIpc) is 3.22. The lowest BCUT2D eigenvalue weighted by atomic mass is 10.2. The van der Waals surface area contributed by atoms with Crippen LogP contribution in [-0.2, 0) is 16.4 Å². The molecule has 0 atom stereocenters. The summed E-state index contributed by atoms with van der Waals surface area (Å²) in [5, 5.41) is 14.3. The summed E-state index contributed by atoms with van der Waals surface area (Å²) in [4.78, 5) is 4.50. The molecule has 0 spiro atoms. The molecule has 1 aromatic carbocycles. The molecular formula is C20H22N6O3S. The first-order chi connectivity index (χ1) is 14.5. The summed E-state index contributed by atoms with van der Waals surface area (Å²) in [5.41, 5.74) is 1.99. The Balaban J connectivity index is 1.26. The molecule has 1 aliphatic rings. The predicted octanol–water partition coefficient (Wildman–Crippen LogP) is 2.25. The fraction of sp³-hybridized carbons (Fsp3) is 0.250. The number of benzene rings is 1. The second-order valence-corrected chi connectivity index (χ2v) is 8.61. The smallest absolute Gasteiger partial charge is 0.240 e. The van der Waals surface area contributed by atoms with Crippen LogP contribution < -0.4 is 20.1 Å². The largest absolute Gasteiger partial charge is 0.493 e. The molecule has 0 bridgehead atoms. The van der Waals surface area contributed by atoms with E-state index in [1.165, 1.54) is 0 Å². The van der Waals surface area contributed by atoms with Crippen molar-refractivity contribution in [2.75, 3.05) is 30.3 Å². The highest BCUT2D eigenvalue weighted by atomic mass is 32.2. The first kappa shape index (κ1) is 20.0. The minimum absolute atomic E-state index is 0.213. The molecule has 0 unspecified atom stereocenters. The van der Waals surface area contributed by atoms with E-state index in [0.717, 1.165) is 23.3 Å². The summed E-state index contributed by atoms with van der Waals surface area (Å²) >= 11 is 0. The maximum atomic E-state index is 12.5. The molecule has 1 aliphatic heterocycles. The molecule has 3 aromatic rings. The highest BCUT2D eigenvalue weighted by molar-refractivity contribution is 7.89. The number of sulfonamides is 1. The molecule has 0 aliphatic carbocycles. The van der Waals surface area contributed by atoms with Crippen LogP contribution in [-0.4, -0.2) is 43.3 Å². The van der Waals surface area contributed by atoms with Gasteiger partial charge in [0.25, 0.3) is 0 Å². The third-order valence-corrected chi connectivity index (χ3v) is 5.99. The van der Waals surface area contributed by atoms with Crippen LogP contribution in [0.15, 0.2) is 53.6 Å². The summed E-state index contributed by atoms with van der Waals surface area (Å²) in [7, 11) is -3.58. The van der Waals surface area contributed by atoms with E-state index in [2.05, 4.69) is 30.5 Å². The lowest BCUT2D eigenvalue weighted by Gasteiger charge is -2.09. The van der Waals surface area contributed by atoms with E-state index in [1.54, 1.807) is 36.5 Å². The molecular weight excluding hydrogens is 404 g/mol. The number of hydrogen-bond acceptors (Lipinski definition) is 8. The van der Waals surface area contributed by atoms with Crippen LogP contribution in [0.2, 0.25) is 0 Å². The van der Waals surface area contributed by atoms with Gasteiger partial charge in [0.2, 0.25) is 10.0 Å². The Morgan fingerprint density at radius 1 is 1.00 bits per heavy atom. The topological polar surface area (TPSA) is 118 Å². The third-order valence-electron chi connectivity index (χ3n) is 4.53. The zero-order valence-corrected chi connectivity index (χ0v) is 17.2. The Labute approximate surface area is 175 Å². The van der Waals surface area contributed by atoms with Crippen molar-refractivity contribution >= 4 is 27.5 Å². The molecule has 30 heavy (non-hydrogen) atoms. The third kappa shape index (κ3) is 4.84. The van der Waals surface area contributed by atoms with Crippen molar-refractivity contribution in [1.29, 1.82) is 0 Å². The minimum Gasteiger partial charge on any atom is -0.493 e. The minimum atomic E-state index is -3.58. The number of ether oxygens (including phenoxy) is 1. The molecule has 9 nitrogen and oxygen atoms in total. The van der Waals surface area contributed by atoms with Crippen molar-refractivity contribution in [3.63, 3.8) is 0 Å².